The van der Waals surface area contributed by atoms with E-state index in [1.165, 1.54) is 19.2 Å². The van der Waals surface area contributed by atoms with Crippen LogP contribution >= 0.6 is 11.6 Å². The summed E-state index contributed by atoms with van der Waals surface area (Å²) in [7, 11) is 3.35. The highest BCUT2D eigenvalue weighted by Gasteiger charge is 2.17. The Hall–Kier alpha value is -3.19. The highest BCUT2D eigenvalue weighted by molar-refractivity contribution is 6.33. The number of halogens is 1. The van der Waals surface area contributed by atoms with Gasteiger partial charge < -0.3 is 25.1 Å². The number of methoxy groups -OCH3 is 1. The number of fused-ring (bicyclic) bond motifs is 1. The maximum Gasteiger partial charge on any atom is 0.255 e. The van der Waals surface area contributed by atoms with Gasteiger partial charge in [-0.2, -0.15) is 0 Å². The molecule has 0 atom stereocenters. The van der Waals surface area contributed by atoms with Gasteiger partial charge in [-0.05, 0) is 30.3 Å². The fourth-order valence-corrected chi connectivity index (χ4v) is 3.01. The van der Waals surface area contributed by atoms with Crippen molar-refractivity contribution in [2.75, 3.05) is 19.0 Å². The van der Waals surface area contributed by atoms with E-state index in [1.807, 2.05) is 42.1 Å². The van der Waals surface area contributed by atoms with Crippen molar-refractivity contribution in [2.45, 2.75) is 0 Å². The molecule has 0 saturated carbocycles. The summed E-state index contributed by atoms with van der Waals surface area (Å²) in [5, 5.41) is 3.94. The smallest absolute Gasteiger partial charge is 0.255 e. The normalized spacial score (nSPS) is 10.6. The largest absolute Gasteiger partial charge is 0.493 e. The molecule has 2 amide bonds. The molecule has 0 aliphatic heterocycles. The molecule has 7 nitrogen and oxygen atoms in total. The first kappa shape index (κ1) is 18.6. The number of carbonyl (C=O) groups excluding carboxylic acids is 2. The first-order valence-corrected chi connectivity index (χ1v) is 8.42. The van der Waals surface area contributed by atoms with Gasteiger partial charge in [-0.1, -0.05) is 17.7 Å². The molecule has 0 saturated heterocycles. The minimum atomic E-state index is -0.647. The lowest BCUT2D eigenvalue weighted by Crippen LogP contribution is -2.20. The highest BCUT2D eigenvalue weighted by Crippen LogP contribution is 2.36. The Balaban J connectivity index is 1.90. The Morgan fingerprint density at radius 2 is 2.04 bits per heavy atom. The summed E-state index contributed by atoms with van der Waals surface area (Å²) in [5.41, 5.74) is 7.05. The second kappa shape index (κ2) is 7.59. The number of hydrogen-bond acceptors (Lipinski definition) is 4. The van der Waals surface area contributed by atoms with Gasteiger partial charge in [-0.15, -0.1) is 0 Å². The van der Waals surface area contributed by atoms with Crippen molar-refractivity contribution in [1.29, 1.82) is 0 Å². The molecule has 140 valence electrons. The van der Waals surface area contributed by atoms with Crippen LogP contribution in [0, 0.1) is 0 Å². The van der Waals surface area contributed by atoms with Crippen LogP contribution in [-0.2, 0) is 11.8 Å². The number of carbonyl (C=O) groups is 2. The van der Waals surface area contributed by atoms with Crippen molar-refractivity contribution in [3.63, 3.8) is 0 Å². The van der Waals surface area contributed by atoms with E-state index >= 15 is 0 Å². The second-order valence-electron chi connectivity index (χ2n) is 5.86. The average molecular weight is 388 g/mol. The Kier molecular flexibility index (Phi) is 5.23. The summed E-state index contributed by atoms with van der Waals surface area (Å²) in [6.45, 7) is -0.350. The molecule has 2 aromatic carbocycles. The monoisotopic (exact) mass is 387 g/mol. The van der Waals surface area contributed by atoms with Gasteiger partial charge in [0.2, 0.25) is 0 Å². The molecule has 0 aliphatic carbocycles. The number of anilines is 1. The lowest BCUT2D eigenvalue weighted by molar-refractivity contribution is -0.119. The molecule has 0 bridgehead atoms. The van der Waals surface area contributed by atoms with Crippen LogP contribution in [0.2, 0.25) is 5.02 Å². The molecule has 0 aliphatic rings. The van der Waals surface area contributed by atoms with Gasteiger partial charge in [0.25, 0.3) is 11.8 Å². The van der Waals surface area contributed by atoms with E-state index in [9.17, 15) is 9.59 Å². The van der Waals surface area contributed by atoms with E-state index in [-0.39, 0.29) is 34.6 Å². The van der Waals surface area contributed by atoms with Gasteiger partial charge in [0, 0.05) is 29.7 Å². The van der Waals surface area contributed by atoms with Crippen LogP contribution in [0.1, 0.15) is 10.4 Å². The minimum Gasteiger partial charge on any atom is -0.493 e. The molecule has 3 rings (SSSR count). The third-order valence-corrected chi connectivity index (χ3v) is 4.31. The number of ether oxygens (including phenoxy) is 2. The number of nitrogens with zero attached hydrogens (tertiary/aromatic N) is 1. The summed E-state index contributed by atoms with van der Waals surface area (Å²) >= 11 is 6.20. The van der Waals surface area contributed by atoms with Crippen LogP contribution in [0.25, 0.3) is 10.9 Å². The van der Waals surface area contributed by atoms with Crippen molar-refractivity contribution < 1.29 is 19.1 Å². The molecular weight excluding hydrogens is 370 g/mol. The first-order chi connectivity index (χ1) is 12.9. The third kappa shape index (κ3) is 3.83. The van der Waals surface area contributed by atoms with Gasteiger partial charge >= 0.3 is 0 Å². The molecule has 8 heteroatoms. The molecule has 27 heavy (non-hydrogen) atoms. The van der Waals surface area contributed by atoms with Crippen molar-refractivity contribution >= 4 is 40.0 Å². The SMILES string of the molecule is COc1cc(C(=O)Nc2cccc3c2ccn3C)cc(Cl)c1OCC(N)=O. The summed E-state index contributed by atoms with van der Waals surface area (Å²) in [6, 6.07) is 10.5. The van der Waals surface area contributed by atoms with Gasteiger partial charge in [0.05, 0.1) is 17.8 Å². The van der Waals surface area contributed by atoms with Gasteiger partial charge in [0.15, 0.2) is 18.1 Å². The van der Waals surface area contributed by atoms with E-state index < -0.39 is 5.91 Å². The number of nitrogens with two attached hydrogens (primary N) is 1. The minimum absolute atomic E-state index is 0.138. The molecule has 3 N–H and O–H groups in total. The number of aryl methyl sites for hydroxylation is 1. The van der Waals surface area contributed by atoms with Crippen molar-refractivity contribution in [3.05, 3.63) is 53.2 Å². The van der Waals surface area contributed by atoms with Crippen LogP contribution in [0.4, 0.5) is 5.69 Å². The fraction of sp³-hybridized carbons (Fsp3) is 0.158. The average Bonchev–Trinajstić information content (AvgIpc) is 3.02. The quantitative estimate of drug-likeness (QED) is 0.679. The van der Waals surface area contributed by atoms with E-state index in [2.05, 4.69) is 5.32 Å². The highest BCUT2D eigenvalue weighted by atomic mass is 35.5. The zero-order valence-electron chi connectivity index (χ0n) is 14.8. The number of hydrogen-bond donors (Lipinski definition) is 2. The zero-order valence-corrected chi connectivity index (χ0v) is 15.5. The number of nitrogens with one attached hydrogen (secondary N) is 1. The Bertz CT molecular complexity index is 1030. The van der Waals surface area contributed by atoms with Crippen molar-refractivity contribution in [2.24, 2.45) is 12.8 Å². The van der Waals surface area contributed by atoms with Gasteiger partial charge in [-0.3, -0.25) is 9.59 Å². The Labute approximate surface area is 160 Å². The summed E-state index contributed by atoms with van der Waals surface area (Å²) in [4.78, 5) is 23.6. The van der Waals surface area contributed by atoms with Crippen LogP contribution in [0.3, 0.4) is 0 Å². The molecule has 0 spiro atoms. The molecular formula is C19H18ClN3O4. The van der Waals surface area contributed by atoms with Gasteiger partial charge in [0.1, 0.15) is 0 Å². The molecule has 0 unspecified atom stereocenters. The molecule has 0 fully saturated rings. The van der Waals surface area contributed by atoms with E-state index in [1.54, 1.807) is 0 Å². The maximum atomic E-state index is 12.7. The number of aromatic nitrogens is 1. The topological polar surface area (TPSA) is 95.6 Å². The van der Waals surface area contributed by atoms with E-state index in [0.29, 0.717) is 5.69 Å². The van der Waals surface area contributed by atoms with Crippen LogP contribution in [0.15, 0.2) is 42.6 Å². The van der Waals surface area contributed by atoms with Gasteiger partial charge in [-0.25, -0.2) is 0 Å². The standard InChI is InChI=1S/C19H18ClN3O4/c1-23-7-6-12-14(4-3-5-15(12)23)22-19(25)11-8-13(20)18(16(9-11)26-2)27-10-17(21)24/h3-9H,10H2,1-2H3,(H2,21,24)(H,22,25). The molecule has 1 heterocycles. The number of amides is 2. The lowest BCUT2D eigenvalue weighted by atomic mass is 10.1. The predicted molar refractivity (Wildman–Crippen MR) is 104 cm³/mol. The number of rotatable bonds is 6. The number of benzene rings is 2. The number of primary amides is 1. The Morgan fingerprint density at radius 3 is 2.74 bits per heavy atom. The summed E-state index contributed by atoms with van der Waals surface area (Å²) in [5.74, 6) is -0.620. The molecule has 1 aromatic heterocycles. The van der Waals surface area contributed by atoms with Crippen LogP contribution in [0.5, 0.6) is 11.5 Å². The molecule has 3 aromatic rings. The Morgan fingerprint density at radius 1 is 1.26 bits per heavy atom. The maximum absolute atomic E-state index is 12.7. The fourth-order valence-electron chi connectivity index (χ4n) is 2.74. The summed E-state index contributed by atoms with van der Waals surface area (Å²) in [6.07, 6.45) is 1.92. The zero-order chi connectivity index (χ0) is 19.6. The molecule has 0 radical (unpaired) electrons. The lowest BCUT2D eigenvalue weighted by Gasteiger charge is -2.13. The second-order valence-corrected chi connectivity index (χ2v) is 6.27. The first-order valence-electron chi connectivity index (χ1n) is 8.04. The van der Waals surface area contributed by atoms with Crippen molar-refractivity contribution in [3.8, 4) is 11.5 Å². The summed E-state index contributed by atoms with van der Waals surface area (Å²) < 4.78 is 12.5. The third-order valence-electron chi connectivity index (χ3n) is 4.03. The predicted octanol–water partition coefficient (Wildman–Crippen LogP) is 2.96. The van der Waals surface area contributed by atoms with E-state index in [0.717, 1.165) is 10.9 Å². The van der Waals surface area contributed by atoms with Crippen LogP contribution in [-0.4, -0.2) is 30.1 Å². The van der Waals surface area contributed by atoms with Crippen LogP contribution < -0.4 is 20.5 Å². The van der Waals surface area contributed by atoms with E-state index in [4.69, 9.17) is 26.8 Å². The van der Waals surface area contributed by atoms with Crippen molar-refractivity contribution in [1.82, 2.24) is 4.57 Å².